The lowest BCUT2D eigenvalue weighted by molar-refractivity contribution is 0.419. The summed E-state index contributed by atoms with van der Waals surface area (Å²) in [5.41, 5.74) is 0. The minimum Gasteiger partial charge on any atom is -0.222 e. The molecule has 0 fully saturated rings. The van der Waals surface area contributed by atoms with E-state index in [9.17, 15) is 4.57 Å². The van der Waals surface area contributed by atoms with Crippen molar-refractivity contribution in [1.82, 2.24) is 0 Å². The summed E-state index contributed by atoms with van der Waals surface area (Å²) in [6.45, 7) is 0. The third-order valence-electron chi connectivity index (χ3n) is 3.85. The monoisotopic (exact) mass is 333 g/mol. The van der Waals surface area contributed by atoms with E-state index in [1.54, 1.807) is 12.1 Å². The van der Waals surface area contributed by atoms with Crippen molar-refractivity contribution in [3.63, 3.8) is 0 Å². The van der Waals surface area contributed by atoms with E-state index >= 15 is 0 Å². The molecule has 0 saturated heterocycles. The Balaban J connectivity index is 1.62. The van der Waals surface area contributed by atoms with Crippen LogP contribution in [0, 0.1) is 0 Å². The summed E-state index contributed by atoms with van der Waals surface area (Å²) in [4.78, 5) is 0. The Kier molecular flexibility index (Phi) is 3.86. The van der Waals surface area contributed by atoms with E-state index in [0.29, 0.717) is 11.5 Å². The van der Waals surface area contributed by atoms with E-state index in [1.165, 1.54) is 0 Å². The summed E-state index contributed by atoms with van der Waals surface area (Å²) < 4.78 is 23.5. The fourth-order valence-electron chi connectivity index (χ4n) is 2.73. The molecule has 0 unspecified atom stereocenters. The van der Waals surface area contributed by atoms with E-state index in [1.807, 2.05) is 72.8 Å². The van der Waals surface area contributed by atoms with Crippen LogP contribution in [0.15, 0.2) is 84.9 Å². The number of hydrogen-bond donors (Lipinski definition) is 0. The summed E-state index contributed by atoms with van der Waals surface area (Å²) in [6, 6.07) is 26.9. The van der Waals surface area contributed by atoms with Crippen LogP contribution >= 0.6 is 8.25 Å². The molecule has 3 nitrogen and oxygen atoms in total. The van der Waals surface area contributed by atoms with Gasteiger partial charge in [-0.15, -0.1) is 0 Å². The molecule has 4 rings (SSSR count). The molecule has 0 atom stereocenters. The fraction of sp³-hybridized carbons (Fsp3) is 0. The highest BCUT2D eigenvalue weighted by atomic mass is 31.1. The molecule has 0 bridgehead atoms. The molecule has 0 amide bonds. The first kappa shape index (κ1) is 14.7. The van der Waals surface area contributed by atoms with Gasteiger partial charge in [-0.25, -0.2) is 9.05 Å². The first-order valence-corrected chi connectivity index (χ1v) is 8.69. The van der Waals surface area contributed by atoms with Gasteiger partial charge in [0.25, 0.3) is 0 Å². The topological polar surface area (TPSA) is 35.5 Å². The second kappa shape index (κ2) is 6.31. The van der Waals surface area contributed by atoms with Crippen LogP contribution in [0.4, 0.5) is 0 Å². The van der Waals surface area contributed by atoms with E-state index in [4.69, 9.17) is 9.05 Å². The SMILES string of the molecule is O=[P+](Oc1cccc2ccccc12)Oc1cccc2ccccc12. The molecule has 0 aromatic heterocycles. The van der Waals surface area contributed by atoms with Gasteiger partial charge in [0.15, 0.2) is 11.5 Å². The van der Waals surface area contributed by atoms with Crippen molar-refractivity contribution < 1.29 is 13.6 Å². The van der Waals surface area contributed by atoms with Crippen molar-refractivity contribution in [3.8, 4) is 11.5 Å². The Morgan fingerprint density at radius 3 is 1.46 bits per heavy atom. The molecule has 0 aliphatic carbocycles. The molecule has 0 saturated carbocycles. The molecule has 24 heavy (non-hydrogen) atoms. The van der Waals surface area contributed by atoms with Gasteiger partial charge in [-0.1, -0.05) is 72.8 Å². The summed E-state index contributed by atoms with van der Waals surface area (Å²) in [5, 5.41) is 3.88. The van der Waals surface area contributed by atoms with Crippen LogP contribution in [-0.4, -0.2) is 0 Å². The highest BCUT2D eigenvalue weighted by Crippen LogP contribution is 2.37. The van der Waals surface area contributed by atoms with Crippen LogP contribution in [0.25, 0.3) is 21.5 Å². The van der Waals surface area contributed by atoms with Crippen LogP contribution in [-0.2, 0) is 4.57 Å². The highest BCUT2D eigenvalue weighted by Gasteiger charge is 2.26. The molecule has 4 aromatic carbocycles. The normalized spacial score (nSPS) is 10.7. The van der Waals surface area contributed by atoms with Gasteiger partial charge in [0, 0.05) is 15.3 Å². The van der Waals surface area contributed by atoms with E-state index in [-0.39, 0.29) is 0 Å². The minimum atomic E-state index is -2.33. The van der Waals surface area contributed by atoms with Crippen LogP contribution in [0.1, 0.15) is 0 Å². The Labute approximate surface area is 140 Å². The van der Waals surface area contributed by atoms with Crippen molar-refractivity contribution in [3.05, 3.63) is 84.9 Å². The number of rotatable bonds is 4. The van der Waals surface area contributed by atoms with Gasteiger partial charge >= 0.3 is 8.25 Å². The predicted molar refractivity (Wildman–Crippen MR) is 96.8 cm³/mol. The maximum Gasteiger partial charge on any atom is 0.805 e. The van der Waals surface area contributed by atoms with Crippen molar-refractivity contribution in [1.29, 1.82) is 0 Å². The van der Waals surface area contributed by atoms with Crippen LogP contribution in [0.2, 0.25) is 0 Å². The molecule has 4 aromatic rings. The molecular weight excluding hydrogens is 319 g/mol. The molecule has 0 N–H and O–H groups in total. The predicted octanol–water partition coefficient (Wildman–Crippen LogP) is 6.11. The summed E-state index contributed by atoms with van der Waals surface area (Å²) in [6.07, 6.45) is 0. The van der Waals surface area contributed by atoms with Crippen molar-refractivity contribution in [2.75, 3.05) is 0 Å². The van der Waals surface area contributed by atoms with Gasteiger partial charge in [-0.05, 0) is 22.9 Å². The van der Waals surface area contributed by atoms with Crippen LogP contribution in [0.5, 0.6) is 11.5 Å². The Morgan fingerprint density at radius 1 is 0.542 bits per heavy atom. The summed E-state index contributed by atoms with van der Waals surface area (Å²) in [5.74, 6) is 1.10. The fourth-order valence-corrected chi connectivity index (χ4v) is 3.41. The lowest BCUT2D eigenvalue weighted by atomic mass is 10.1. The second-order valence-corrected chi connectivity index (χ2v) is 6.17. The first-order valence-electron chi connectivity index (χ1n) is 7.60. The maximum atomic E-state index is 12.4. The number of hydrogen-bond acceptors (Lipinski definition) is 3. The largest absolute Gasteiger partial charge is 0.805 e. The zero-order valence-electron chi connectivity index (χ0n) is 12.8. The van der Waals surface area contributed by atoms with Gasteiger partial charge in [0.2, 0.25) is 0 Å². The third-order valence-corrected chi connectivity index (χ3v) is 4.54. The lowest BCUT2D eigenvalue weighted by Crippen LogP contribution is -1.90. The van der Waals surface area contributed by atoms with E-state index in [0.717, 1.165) is 21.5 Å². The molecular formula is C20H14O3P+. The molecule has 0 aliphatic heterocycles. The first-order chi connectivity index (χ1) is 11.8. The molecule has 0 aliphatic rings. The zero-order chi connectivity index (χ0) is 16.4. The Morgan fingerprint density at radius 2 is 0.958 bits per heavy atom. The minimum absolute atomic E-state index is 0.550. The maximum absolute atomic E-state index is 12.4. The van der Waals surface area contributed by atoms with Crippen molar-refractivity contribution in [2.45, 2.75) is 0 Å². The van der Waals surface area contributed by atoms with Crippen molar-refractivity contribution in [2.24, 2.45) is 0 Å². The Bertz CT molecular complexity index is 949. The molecule has 0 radical (unpaired) electrons. The molecule has 0 heterocycles. The Hall–Kier alpha value is -2.90. The van der Waals surface area contributed by atoms with Crippen LogP contribution in [0.3, 0.4) is 0 Å². The van der Waals surface area contributed by atoms with Crippen molar-refractivity contribution >= 4 is 29.8 Å². The quantitative estimate of drug-likeness (QED) is 0.423. The van der Waals surface area contributed by atoms with Gasteiger partial charge in [-0.3, -0.25) is 0 Å². The molecule has 0 spiro atoms. The summed E-state index contributed by atoms with van der Waals surface area (Å²) >= 11 is 0. The summed E-state index contributed by atoms with van der Waals surface area (Å²) in [7, 11) is -2.33. The van der Waals surface area contributed by atoms with Gasteiger partial charge in [0.05, 0.1) is 0 Å². The average molecular weight is 333 g/mol. The number of benzene rings is 4. The highest BCUT2D eigenvalue weighted by molar-refractivity contribution is 7.34. The smallest absolute Gasteiger partial charge is 0.222 e. The zero-order valence-corrected chi connectivity index (χ0v) is 13.6. The molecule has 116 valence electrons. The van der Waals surface area contributed by atoms with E-state index in [2.05, 4.69) is 0 Å². The standard InChI is InChI=1S/C20H14O3P/c21-24(22-19-13-5-9-15-7-1-3-11-17(15)19)23-20-14-6-10-16-8-2-4-12-18(16)20/h1-14H/q+1. The average Bonchev–Trinajstić information content (AvgIpc) is 2.62. The lowest BCUT2D eigenvalue weighted by Gasteiger charge is -2.02. The van der Waals surface area contributed by atoms with Gasteiger partial charge in [-0.2, -0.15) is 0 Å². The third kappa shape index (κ3) is 2.82. The van der Waals surface area contributed by atoms with E-state index < -0.39 is 8.25 Å². The second-order valence-electron chi connectivity index (χ2n) is 5.36. The van der Waals surface area contributed by atoms with Gasteiger partial charge in [0.1, 0.15) is 0 Å². The van der Waals surface area contributed by atoms with Gasteiger partial charge < -0.3 is 0 Å². The molecule has 4 heteroatoms. The van der Waals surface area contributed by atoms with Crippen LogP contribution < -0.4 is 9.05 Å². The number of fused-ring (bicyclic) bond motifs is 2.